The van der Waals surface area contributed by atoms with Crippen LogP contribution in [-0.4, -0.2) is 27.4 Å². The molecule has 0 fully saturated rings. The molecule has 3 rings (SSSR count). The van der Waals surface area contributed by atoms with E-state index in [2.05, 4.69) is 64.0 Å². The van der Waals surface area contributed by atoms with Gasteiger partial charge in [-0.2, -0.15) is 5.10 Å². The summed E-state index contributed by atoms with van der Waals surface area (Å²) in [5.41, 5.74) is 3.33. The van der Waals surface area contributed by atoms with E-state index in [-0.39, 0.29) is 24.0 Å². The van der Waals surface area contributed by atoms with Gasteiger partial charge in [-0.15, -0.1) is 24.0 Å². The Morgan fingerprint density at radius 2 is 2.00 bits per heavy atom. The van der Waals surface area contributed by atoms with Crippen molar-refractivity contribution in [3.8, 4) is 0 Å². The molecule has 0 atom stereocenters. The standard InChI is InChI=1S/C21H28N6O.HI/c1-4-22-21(24-14-19-12-20(16(2)3)26-28-19)23-13-17-7-5-8-18(11-17)15-27-10-6-9-25-27;/h5-12,16H,4,13-15H2,1-3H3,(H2,22,23,24);1H. The predicted molar refractivity (Wildman–Crippen MR) is 125 cm³/mol. The minimum atomic E-state index is 0. The number of guanidine groups is 1. The lowest BCUT2D eigenvalue weighted by molar-refractivity contribution is 0.372. The van der Waals surface area contributed by atoms with Gasteiger partial charge in [0.15, 0.2) is 11.7 Å². The Balaban J connectivity index is 0.00000300. The lowest BCUT2D eigenvalue weighted by Gasteiger charge is -2.10. The van der Waals surface area contributed by atoms with Crippen LogP contribution in [0.15, 0.2) is 58.3 Å². The van der Waals surface area contributed by atoms with Crippen LogP contribution in [0.4, 0.5) is 0 Å². The van der Waals surface area contributed by atoms with Crippen LogP contribution in [0.3, 0.4) is 0 Å². The van der Waals surface area contributed by atoms with Gasteiger partial charge >= 0.3 is 0 Å². The molecule has 156 valence electrons. The minimum Gasteiger partial charge on any atom is -0.359 e. The lowest BCUT2D eigenvalue weighted by atomic mass is 10.1. The number of rotatable bonds is 8. The van der Waals surface area contributed by atoms with E-state index in [1.165, 1.54) is 5.56 Å². The van der Waals surface area contributed by atoms with Gasteiger partial charge in [-0.05, 0) is 30.0 Å². The molecule has 0 saturated heterocycles. The third kappa shape index (κ3) is 7.19. The molecule has 1 aromatic carbocycles. The zero-order valence-corrected chi connectivity index (χ0v) is 19.5. The van der Waals surface area contributed by atoms with E-state index in [1.807, 2.05) is 29.9 Å². The molecular weight excluding hydrogens is 479 g/mol. The summed E-state index contributed by atoms with van der Waals surface area (Å²) < 4.78 is 7.29. The molecule has 0 aliphatic rings. The van der Waals surface area contributed by atoms with Gasteiger partial charge in [0, 0.05) is 25.0 Å². The van der Waals surface area contributed by atoms with Gasteiger partial charge in [0.1, 0.15) is 0 Å². The second-order valence-electron chi connectivity index (χ2n) is 6.95. The zero-order chi connectivity index (χ0) is 19.8. The Morgan fingerprint density at radius 3 is 2.69 bits per heavy atom. The SMILES string of the molecule is CCNC(=NCc1cccc(Cn2cccn2)c1)NCc1cc(C(C)C)no1.I. The average Bonchev–Trinajstić information content (AvgIpc) is 3.36. The normalized spacial score (nSPS) is 11.4. The van der Waals surface area contributed by atoms with E-state index >= 15 is 0 Å². The molecule has 0 radical (unpaired) electrons. The molecule has 29 heavy (non-hydrogen) atoms. The fourth-order valence-electron chi connectivity index (χ4n) is 2.77. The Labute approximate surface area is 189 Å². The number of nitrogens with one attached hydrogen (secondary N) is 2. The summed E-state index contributed by atoms with van der Waals surface area (Å²) in [6, 6.07) is 12.3. The summed E-state index contributed by atoms with van der Waals surface area (Å²) in [5.74, 6) is 1.91. The molecule has 0 aliphatic heterocycles. The van der Waals surface area contributed by atoms with Crippen LogP contribution in [0.5, 0.6) is 0 Å². The monoisotopic (exact) mass is 508 g/mol. The number of nitrogens with zero attached hydrogens (tertiary/aromatic N) is 4. The fourth-order valence-corrected chi connectivity index (χ4v) is 2.77. The average molecular weight is 508 g/mol. The molecular formula is C21H29IN6O. The second kappa shape index (κ2) is 11.6. The summed E-state index contributed by atoms with van der Waals surface area (Å²) in [4.78, 5) is 4.69. The third-order valence-electron chi connectivity index (χ3n) is 4.26. The first kappa shape index (κ1) is 22.9. The largest absolute Gasteiger partial charge is 0.359 e. The maximum atomic E-state index is 5.38. The van der Waals surface area contributed by atoms with Crippen molar-refractivity contribution in [1.82, 2.24) is 25.6 Å². The van der Waals surface area contributed by atoms with Crippen LogP contribution in [0.2, 0.25) is 0 Å². The van der Waals surface area contributed by atoms with E-state index in [4.69, 9.17) is 4.52 Å². The summed E-state index contributed by atoms with van der Waals surface area (Å²) in [6.45, 7) is 8.93. The highest BCUT2D eigenvalue weighted by atomic mass is 127. The predicted octanol–water partition coefficient (Wildman–Crippen LogP) is 3.92. The number of benzene rings is 1. The highest BCUT2D eigenvalue weighted by Crippen LogP contribution is 2.13. The second-order valence-corrected chi connectivity index (χ2v) is 6.95. The number of halogens is 1. The van der Waals surface area contributed by atoms with Crippen molar-refractivity contribution in [3.63, 3.8) is 0 Å². The van der Waals surface area contributed by atoms with Crippen LogP contribution < -0.4 is 10.6 Å². The molecule has 3 aromatic rings. The summed E-state index contributed by atoms with van der Waals surface area (Å²) >= 11 is 0. The van der Waals surface area contributed by atoms with E-state index in [0.29, 0.717) is 19.0 Å². The summed E-state index contributed by atoms with van der Waals surface area (Å²) in [6.07, 6.45) is 3.76. The Kier molecular flexibility index (Phi) is 9.17. The number of hydrogen-bond donors (Lipinski definition) is 2. The summed E-state index contributed by atoms with van der Waals surface area (Å²) in [7, 11) is 0. The molecule has 0 unspecified atom stereocenters. The quantitative estimate of drug-likeness (QED) is 0.274. The first-order valence-electron chi connectivity index (χ1n) is 9.67. The van der Waals surface area contributed by atoms with Crippen molar-refractivity contribution in [2.24, 2.45) is 4.99 Å². The van der Waals surface area contributed by atoms with Crippen LogP contribution in [0.25, 0.3) is 0 Å². The Morgan fingerprint density at radius 1 is 1.17 bits per heavy atom. The topological polar surface area (TPSA) is 80.3 Å². The molecule has 0 spiro atoms. The Bertz CT molecular complexity index is 888. The number of hydrogen-bond acceptors (Lipinski definition) is 4. The third-order valence-corrected chi connectivity index (χ3v) is 4.26. The van der Waals surface area contributed by atoms with Crippen molar-refractivity contribution in [2.75, 3.05) is 6.54 Å². The van der Waals surface area contributed by atoms with Crippen molar-refractivity contribution < 1.29 is 4.52 Å². The molecule has 0 bridgehead atoms. The van der Waals surface area contributed by atoms with Crippen molar-refractivity contribution in [3.05, 3.63) is 71.4 Å². The van der Waals surface area contributed by atoms with Crippen LogP contribution >= 0.6 is 24.0 Å². The first-order valence-corrected chi connectivity index (χ1v) is 9.67. The van der Waals surface area contributed by atoms with Gasteiger partial charge in [-0.1, -0.05) is 43.3 Å². The van der Waals surface area contributed by atoms with Crippen molar-refractivity contribution in [1.29, 1.82) is 0 Å². The fraction of sp³-hybridized carbons (Fsp3) is 0.381. The van der Waals surface area contributed by atoms with Gasteiger partial charge < -0.3 is 15.2 Å². The molecule has 0 aliphatic carbocycles. The van der Waals surface area contributed by atoms with E-state index in [1.54, 1.807) is 6.20 Å². The number of aromatic nitrogens is 3. The first-order chi connectivity index (χ1) is 13.6. The molecule has 0 amide bonds. The highest BCUT2D eigenvalue weighted by molar-refractivity contribution is 14.0. The minimum absolute atomic E-state index is 0. The van der Waals surface area contributed by atoms with E-state index < -0.39 is 0 Å². The molecule has 2 heterocycles. The maximum absolute atomic E-state index is 5.38. The number of aliphatic imine (C=N–C) groups is 1. The zero-order valence-electron chi connectivity index (χ0n) is 17.1. The Hall–Kier alpha value is -2.36. The molecule has 7 nitrogen and oxygen atoms in total. The van der Waals surface area contributed by atoms with Crippen LogP contribution in [0.1, 0.15) is 49.3 Å². The van der Waals surface area contributed by atoms with Gasteiger partial charge in [0.05, 0.1) is 25.3 Å². The maximum Gasteiger partial charge on any atom is 0.191 e. The van der Waals surface area contributed by atoms with Gasteiger partial charge in [0.25, 0.3) is 0 Å². The van der Waals surface area contributed by atoms with Gasteiger partial charge in [0.2, 0.25) is 0 Å². The molecule has 2 aromatic heterocycles. The summed E-state index contributed by atoms with van der Waals surface area (Å²) in [5, 5.41) is 14.9. The van der Waals surface area contributed by atoms with Gasteiger partial charge in [-0.25, -0.2) is 4.99 Å². The molecule has 8 heteroatoms. The van der Waals surface area contributed by atoms with Gasteiger partial charge in [-0.3, -0.25) is 4.68 Å². The molecule has 0 saturated carbocycles. The highest BCUT2D eigenvalue weighted by Gasteiger charge is 2.08. The van der Waals surface area contributed by atoms with E-state index in [0.717, 1.165) is 36.1 Å². The van der Waals surface area contributed by atoms with Crippen molar-refractivity contribution in [2.45, 2.75) is 46.3 Å². The lowest BCUT2D eigenvalue weighted by Crippen LogP contribution is -2.36. The molecule has 2 N–H and O–H groups in total. The van der Waals surface area contributed by atoms with Crippen LogP contribution in [-0.2, 0) is 19.6 Å². The van der Waals surface area contributed by atoms with Crippen LogP contribution in [0, 0.1) is 0 Å². The van der Waals surface area contributed by atoms with Crippen molar-refractivity contribution >= 4 is 29.9 Å². The smallest absolute Gasteiger partial charge is 0.191 e. The van der Waals surface area contributed by atoms with E-state index in [9.17, 15) is 0 Å².